The largest absolute Gasteiger partial charge is 0.416 e. The third-order valence-electron chi connectivity index (χ3n) is 6.30. The molecule has 39 heavy (non-hydrogen) atoms. The Labute approximate surface area is 220 Å². The molecule has 2 N–H and O–H groups in total. The SMILES string of the molecule is CN(Cc1nc2c(N3CCOCC3)nc(-c3ccc(C(F)(F)F)cc3)nc2n1C)c1ncc(C(=O)NO)cn1. The number of amides is 1. The fourth-order valence-electron chi connectivity index (χ4n) is 4.15. The van der Waals surface area contributed by atoms with Crippen LogP contribution in [0.1, 0.15) is 21.7 Å². The first-order chi connectivity index (χ1) is 18.7. The maximum absolute atomic E-state index is 13.1. The van der Waals surface area contributed by atoms with E-state index in [-0.39, 0.29) is 17.9 Å². The molecule has 0 atom stereocenters. The molecule has 0 unspecified atom stereocenters. The summed E-state index contributed by atoms with van der Waals surface area (Å²) in [5.74, 6) is 1.06. The zero-order valence-corrected chi connectivity index (χ0v) is 21.0. The second-order valence-electron chi connectivity index (χ2n) is 8.87. The summed E-state index contributed by atoms with van der Waals surface area (Å²) in [7, 11) is 3.54. The maximum atomic E-state index is 13.1. The summed E-state index contributed by atoms with van der Waals surface area (Å²) in [5, 5.41) is 8.77. The normalized spacial score (nSPS) is 14.1. The van der Waals surface area contributed by atoms with Gasteiger partial charge in [0.1, 0.15) is 5.82 Å². The molecule has 15 heteroatoms. The first-order valence-corrected chi connectivity index (χ1v) is 11.9. The van der Waals surface area contributed by atoms with Crippen molar-refractivity contribution in [2.75, 3.05) is 43.2 Å². The summed E-state index contributed by atoms with van der Waals surface area (Å²) >= 11 is 0. The van der Waals surface area contributed by atoms with Gasteiger partial charge in [-0.2, -0.15) is 13.2 Å². The molecule has 12 nitrogen and oxygen atoms in total. The van der Waals surface area contributed by atoms with E-state index < -0.39 is 17.6 Å². The Morgan fingerprint density at radius 3 is 2.38 bits per heavy atom. The van der Waals surface area contributed by atoms with E-state index in [2.05, 4.69) is 15.0 Å². The number of anilines is 2. The minimum Gasteiger partial charge on any atom is -0.378 e. The Bertz CT molecular complexity index is 1490. The highest BCUT2D eigenvalue weighted by Gasteiger charge is 2.30. The Morgan fingerprint density at radius 2 is 1.77 bits per heavy atom. The van der Waals surface area contributed by atoms with Crippen molar-refractivity contribution in [2.45, 2.75) is 12.7 Å². The number of aromatic nitrogens is 6. The van der Waals surface area contributed by atoms with Gasteiger partial charge in [-0.3, -0.25) is 10.0 Å². The molecule has 4 aromatic rings. The van der Waals surface area contributed by atoms with Gasteiger partial charge in [-0.05, 0) is 12.1 Å². The van der Waals surface area contributed by atoms with Crippen LogP contribution in [0.4, 0.5) is 24.9 Å². The summed E-state index contributed by atoms with van der Waals surface area (Å²) in [6.07, 6.45) is -1.87. The number of halogens is 3. The topological polar surface area (TPSA) is 134 Å². The molecule has 0 spiro atoms. The monoisotopic (exact) mass is 543 g/mol. The molecule has 1 aliphatic heterocycles. The quantitative estimate of drug-likeness (QED) is 0.276. The van der Waals surface area contributed by atoms with Crippen LogP contribution in [0.3, 0.4) is 0 Å². The summed E-state index contributed by atoms with van der Waals surface area (Å²) in [6.45, 7) is 2.44. The minimum absolute atomic E-state index is 0.0959. The van der Waals surface area contributed by atoms with Crippen molar-refractivity contribution in [3.8, 4) is 11.4 Å². The van der Waals surface area contributed by atoms with Gasteiger partial charge in [0.25, 0.3) is 5.91 Å². The zero-order chi connectivity index (χ0) is 27.7. The van der Waals surface area contributed by atoms with Crippen LogP contribution in [0.2, 0.25) is 0 Å². The third-order valence-corrected chi connectivity index (χ3v) is 6.30. The van der Waals surface area contributed by atoms with Gasteiger partial charge in [-0.15, -0.1) is 0 Å². The van der Waals surface area contributed by atoms with Gasteiger partial charge in [0.05, 0.1) is 30.9 Å². The Kier molecular flexibility index (Phi) is 7.01. The molecule has 1 aliphatic rings. The van der Waals surface area contributed by atoms with E-state index in [1.807, 2.05) is 4.90 Å². The van der Waals surface area contributed by atoms with Gasteiger partial charge in [-0.25, -0.2) is 30.4 Å². The third kappa shape index (κ3) is 5.31. The van der Waals surface area contributed by atoms with Crippen LogP contribution in [0.15, 0.2) is 36.7 Å². The van der Waals surface area contributed by atoms with Crippen molar-refractivity contribution < 1.29 is 27.9 Å². The second kappa shape index (κ2) is 10.4. The van der Waals surface area contributed by atoms with E-state index >= 15 is 0 Å². The van der Waals surface area contributed by atoms with E-state index in [0.717, 1.165) is 12.1 Å². The number of hydrogen-bond donors (Lipinski definition) is 2. The van der Waals surface area contributed by atoms with Crippen LogP contribution < -0.4 is 15.3 Å². The number of morpholine rings is 1. The second-order valence-corrected chi connectivity index (χ2v) is 8.87. The van der Waals surface area contributed by atoms with Gasteiger partial charge in [0.2, 0.25) is 5.95 Å². The van der Waals surface area contributed by atoms with E-state index in [0.29, 0.717) is 60.6 Å². The molecular formula is C24H24F3N9O3. The van der Waals surface area contributed by atoms with Crippen LogP contribution in [-0.2, 0) is 24.5 Å². The Morgan fingerprint density at radius 1 is 1.10 bits per heavy atom. The van der Waals surface area contributed by atoms with Gasteiger partial charge < -0.3 is 19.1 Å². The molecule has 1 amide bonds. The molecule has 0 radical (unpaired) electrons. The molecule has 4 heterocycles. The van der Waals surface area contributed by atoms with Gasteiger partial charge in [-0.1, -0.05) is 12.1 Å². The van der Waals surface area contributed by atoms with Crippen molar-refractivity contribution in [1.29, 1.82) is 0 Å². The Balaban J connectivity index is 1.52. The molecule has 1 aromatic carbocycles. The van der Waals surface area contributed by atoms with Crippen LogP contribution in [0, 0.1) is 0 Å². The Hall–Kier alpha value is -4.37. The zero-order valence-electron chi connectivity index (χ0n) is 21.0. The molecule has 204 valence electrons. The number of nitrogens with one attached hydrogen (secondary N) is 1. The maximum Gasteiger partial charge on any atom is 0.416 e. The number of ether oxygens (including phenoxy) is 1. The highest BCUT2D eigenvalue weighted by Crippen LogP contribution is 2.32. The number of benzene rings is 1. The molecule has 0 bridgehead atoms. The molecule has 0 aliphatic carbocycles. The van der Waals surface area contributed by atoms with Crippen molar-refractivity contribution in [3.05, 3.63) is 53.6 Å². The van der Waals surface area contributed by atoms with E-state index in [4.69, 9.17) is 19.9 Å². The van der Waals surface area contributed by atoms with Crippen molar-refractivity contribution in [3.63, 3.8) is 0 Å². The summed E-state index contributed by atoms with van der Waals surface area (Å²) in [4.78, 5) is 37.8. The van der Waals surface area contributed by atoms with Gasteiger partial charge in [0.15, 0.2) is 22.8 Å². The molecule has 5 rings (SSSR count). The molecule has 1 saturated heterocycles. The number of fused-ring (bicyclic) bond motifs is 1. The van der Waals surface area contributed by atoms with Crippen molar-refractivity contribution in [1.82, 2.24) is 35.0 Å². The molecule has 1 fully saturated rings. The van der Waals surface area contributed by atoms with E-state index in [1.54, 1.807) is 23.6 Å². The van der Waals surface area contributed by atoms with Crippen LogP contribution in [0.5, 0.6) is 0 Å². The standard InChI is InChI=1S/C24H24F3N9O3/c1-34(23-28-11-15(12-29-23)22(37)33-38)13-17-30-18-20(35(17)2)31-19(32-21(18)36-7-9-39-10-8-36)14-3-5-16(6-4-14)24(25,26)27/h3-6,11-12,38H,7-10,13H2,1-2H3,(H,33,37). The number of rotatable bonds is 6. The summed E-state index contributed by atoms with van der Waals surface area (Å²) < 4.78 is 46.5. The molecule has 3 aromatic heterocycles. The van der Waals surface area contributed by atoms with E-state index in [1.165, 1.54) is 30.0 Å². The molecule has 0 saturated carbocycles. The smallest absolute Gasteiger partial charge is 0.378 e. The first kappa shape index (κ1) is 26.2. The number of carbonyl (C=O) groups is 1. The number of alkyl halides is 3. The lowest BCUT2D eigenvalue weighted by atomic mass is 10.1. The summed E-state index contributed by atoms with van der Waals surface area (Å²) in [6, 6.07) is 4.74. The first-order valence-electron chi connectivity index (χ1n) is 11.9. The fraction of sp³-hybridized carbons (Fsp3) is 0.333. The average Bonchev–Trinajstić information content (AvgIpc) is 3.26. The van der Waals surface area contributed by atoms with Crippen molar-refractivity contribution >= 4 is 28.8 Å². The van der Waals surface area contributed by atoms with Gasteiger partial charge in [0, 0.05) is 45.1 Å². The van der Waals surface area contributed by atoms with Crippen LogP contribution in [0.25, 0.3) is 22.6 Å². The molecular weight excluding hydrogens is 519 g/mol. The highest BCUT2D eigenvalue weighted by molar-refractivity contribution is 5.92. The predicted octanol–water partition coefficient (Wildman–Crippen LogP) is 2.43. The number of aryl methyl sites for hydroxylation is 1. The van der Waals surface area contributed by atoms with Crippen LogP contribution >= 0.6 is 0 Å². The lowest BCUT2D eigenvalue weighted by Crippen LogP contribution is -2.37. The van der Waals surface area contributed by atoms with Crippen molar-refractivity contribution in [2.24, 2.45) is 7.05 Å². The summed E-state index contributed by atoms with van der Waals surface area (Å²) in [5.41, 5.74) is 2.38. The number of carbonyl (C=O) groups excluding carboxylic acids is 1. The number of imidazole rings is 1. The lowest BCUT2D eigenvalue weighted by Gasteiger charge is -2.28. The van der Waals surface area contributed by atoms with E-state index in [9.17, 15) is 18.0 Å². The predicted molar refractivity (Wildman–Crippen MR) is 133 cm³/mol. The number of hydrogen-bond acceptors (Lipinski definition) is 10. The fourth-order valence-corrected chi connectivity index (χ4v) is 4.15. The average molecular weight is 544 g/mol. The highest BCUT2D eigenvalue weighted by atomic mass is 19.4. The lowest BCUT2D eigenvalue weighted by molar-refractivity contribution is -0.137. The minimum atomic E-state index is -4.44. The van der Waals surface area contributed by atoms with Gasteiger partial charge >= 0.3 is 6.18 Å². The number of nitrogens with zero attached hydrogens (tertiary/aromatic N) is 8. The number of hydroxylamine groups is 1. The van der Waals surface area contributed by atoms with Crippen LogP contribution in [-0.4, -0.2) is 74.0 Å².